The van der Waals surface area contributed by atoms with Crippen LogP contribution in [0.1, 0.15) is 20.7 Å². The van der Waals surface area contributed by atoms with Gasteiger partial charge in [0.2, 0.25) is 0 Å². The van der Waals surface area contributed by atoms with E-state index in [0.717, 1.165) is 35.3 Å². The first-order chi connectivity index (χ1) is 11.8. The lowest BCUT2D eigenvalue weighted by atomic mass is 10.1. The van der Waals surface area contributed by atoms with Gasteiger partial charge >= 0.3 is 0 Å². The molecule has 0 spiro atoms. The van der Waals surface area contributed by atoms with Gasteiger partial charge in [-0.3, -0.25) is 9.59 Å². The second-order valence-electron chi connectivity index (χ2n) is 5.24. The zero-order valence-electron chi connectivity index (χ0n) is 12.9. The molecule has 0 aromatic heterocycles. The molecular formula is C20H16N2O2. The molecule has 0 heterocycles. The Morgan fingerprint density at radius 1 is 0.542 bits per heavy atom. The van der Waals surface area contributed by atoms with Crippen molar-refractivity contribution < 1.29 is 9.59 Å². The Kier molecular flexibility index (Phi) is 4.68. The van der Waals surface area contributed by atoms with Gasteiger partial charge in [-0.25, -0.2) is 0 Å². The van der Waals surface area contributed by atoms with Crippen LogP contribution in [0.4, 0.5) is 22.7 Å². The van der Waals surface area contributed by atoms with E-state index < -0.39 is 0 Å². The van der Waals surface area contributed by atoms with Crippen molar-refractivity contribution >= 4 is 35.3 Å². The third kappa shape index (κ3) is 3.50. The minimum Gasteiger partial charge on any atom is -0.355 e. The molecule has 0 saturated carbocycles. The third-order valence-electron chi connectivity index (χ3n) is 3.62. The molecular weight excluding hydrogens is 300 g/mol. The number of aldehydes is 2. The summed E-state index contributed by atoms with van der Waals surface area (Å²) in [4.78, 5) is 22.1. The summed E-state index contributed by atoms with van der Waals surface area (Å²) in [7, 11) is 0. The van der Waals surface area contributed by atoms with E-state index in [1.807, 2.05) is 60.7 Å². The highest BCUT2D eigenvalue weighted by Gasteiger charge is 2.03. The molecule has 3 rings (SSSR count). The Balaban J connectivity index is 1.76. The molecule has 0 atom stereocenters. The van der Waals surface area contributed by atoms with E-state index in [-0.39, 0.29) is 0 Å². The van der Waals surface area contributed by atoms with Gasteiger partial charge in [-0.2, -0.15) is 0 Å². The standard InChI is InChI=1S/C20H16N2O2/c23-13-15-5-1-3-7-19(15)21-17-9-11-18(12-10-17)22-20-8-4-2-6-16(20)14-24/h1-14,21-22H. The Morgan fingerprint density at radius 2 is 0.917 bits per heavy atom. The molecule has 4 heteroatoms. The van der Waals surface area contributed by atoms with Crippen molar-refractivity contribution in [3.63, 3.8) is 0 Å². The number of anilines is 4. The van der Waals surface area contributed by atoms with Crippen LogP contribution in [0.25, 0.3) is 0 Å². The second-order valence-corrected chi connectivity index (χ2v) is 5.24. The lowest BCUT2D eigenvalue weighted by molar-refractivity contribution is 0.111. The van der Waals surface area contributed by atoms with Gasteiger partial charge in [-0.1, -0.05) is 24.3 Å². The summed E-state index contributed by atoms with van der Waals surface area (Å²) in [6, 6.07) is 22.3. The predicted octanol–water partition coefficient (Wildman–Crippen LogP) is 4.80. The Hall–Kier alpha value is -3.40. The highest BCUT2D eigenvalue weighted by molar-refractivity contribution is 5.87. The highest BCUT2D eigenvalue weighted by Crippen LogP contribution is 2.24. The van der Waals surface area contributed by atoms with Crippen molar-refractivity contribution in [1.82, 2.24) is 0 Å². The van der Waals surface area contributed by atoms with E-state index in [1.54, 1.807) is 12.1 Å². The normalized spacial score (nSPS) is 10.0. The molecule has 24 heavy (non-hydrogen) atoms. The smallest absolute Gasteiger partial charge is 0.152 e. The molecule has 0 aliphatic carbocycles. The van der Waals surface area contributed by atoms with E-state index in [9.17, 15) is 9.59 Å². The first-order valence-electron chi connectivity index (χ1n) is 7.52. The number of nitrogens with one attached hydrogen (secondary N) is 2. The number of benzene rings is 3. The molecule has 0 aliphatic heterocycles. The highest BCUT2D eigenvalue weighted by atomic mass is 16.1. The lowest BCUT2D eigenvalue weighted by Crippen LogP contribution is -1.97. The van der Waals surface area contributed by atoms with Crippen molar-refractivity contribution in [2.24, 2.45) is 0 Å². The number of carbonyl (C=O) groups excluding carboxylic acids is 2. The van der Waals surface area contributed by atoms with Crippen LogP contribution in [0, 0.1) is 0 Å². The molecule has 0 fully saturated rings. The van der Waals surface area contributed by atoms with Gasteiger partial charge < -0.3 is 10.6 Å². The number of carbonyl (C=O) groups is 2. The van der Waals surface area contributed by atoms with Gasteiger partial charge in [0.05, 0.1) is 0 Å². The largest absolute Gasteiger partial charge is 0.355 e. The number of hydrogen-bond donors (Lipinski definition) is 2. The van der Waals surface area contributed by atoms with E-state index in [0.29, 0.717) is 11.1 Å². The molecule has 3 aromatic carbocycles. The fourth-order valence-corrected chi connectivity index (χ4v) is 2.38. The number of para-hydroxylation sites is 2. The van der Waals surface area contributed by atoms with Crippen LogP contribution in [0.3, 0.4) is 0 Å². The summed E-state index contributed by atoms with van der Waals surface area (Å²) >= 11 is 0. The van der Waals surface area contributed by atoms with Crippen molar-refractivity contribution in [1.29, 1.82) is 0 Å². The molecule has 0 amide bonds. The van der Waals surface area contributed by atoms with E-state index in [2.05, 4.69) is 10.6 Å². The third-order valence-corrected chi connectivity index (χ3v) is 3.62. The Labute approximate surface area is 140 Å². The van der Waals surface area contributed by atoms with Crippen molar-refractivity contribution in [3.8, 4) is 0 Å². The summed E-state index contributed by atoms with van der Waals surface area (Å²) < 4.78 is 0. The minimum absolute atomic E-state index is 0.611. The van der Waals surface area contributed by atoms with Crippen molar-refractivity contribution in [2.75, 3.05) is 10.6 Å². The van der Waals surface area contributed by atoms with Gasteiger partial charge in [0.1, 0.15) is 0 Å². The topological polar surface area (TPSA) is 58.2 Å². The summed E-state index contributed by atoms with van der Waals surface area (Å²) in [6.07, 6.45) is 1.66. The summed E-state index contributed by atoms with van der Waals surface area (Å²) in [6.45, 7) is 0. The Bertz CT molecular complexity index is 785. The maximum absolute atomic E-state index is 11.1. The van der Waals surface area contributed by atoms with Crippen LogP contribution in [0.5, 0.6) is 0 Å². The summed E-state index contributed by atoms with van der Waals surface area (Å²) in [5.74, 6) is 0. The van der Waals surface area contributed by atoms with E-state index >= 15 is 0 Å². The van der Waals surface area contributed by atoms with Gasteiger partial charge in [0.15, 0.2) is 12.6 Å². The monoisotopic (exact) mass is 316 g/mol. The molecule has 118 valence electrons. The SMILES string of the molecule is O=Cc1ccccc1Nc1ccc(Nc2ccccc2C=O)cc1. The van der Waals surface area contributed by atoms with Crippen molar-refractivity contribution in [3.05, 3.63) is 83.9 Å². The van der Waals surface area contributed by atoms with Gasteiger partial charge in [-0.15, -0.1) is 0 Å². The van der Waals surface area contributed by atoms with Gasteiger partial charge in [0, 0.05) is 33.9 Å². The van der Waals surface area contributed by atoms with E-state index in [4.69, 9.17) is 0 Å². The summed E-state index contributed by atoms with van der Waals surface area (Å²) in [5.41, 5.74) is 4.50. The number of rotatable bonds is 6. The molecule has 3 aromatic rings. The first-order valence-corrected chi connectivity index (χ1v) is 7.52. The molecule has 0 unspecified atom stereocenters. The van der Waals surface area contributed by atoms with Crippen molar-refractivity contribution in [2.45, 2.75) is 0 Å². The maximum Gasteiger partial charge on any atom is 0.152 e. The lowest BCUT2D eigenvalue weighted by Gasteiger charge is -2.11. The van der Waals surface area contributed by atoms with Crippen LogP contribution in [0.2, 0.25) is 0 Å². The minimum atomic E-state index is 0.611. The molecule has 0 aliphatic rings. The average Bonchev–Trinajstić information content (AvgIpc) is 2.64. The number of hydrogen-bond acceptors (Lipinski definition) is 4. The molecule has 4 nitrogen and oxygen atoms in total. The first kappa shape index (κ1) is 15.5. The Morgan fingerprint density at radius 3 is 1.29 bits per heavy atom. The second kappa shape index (κ2) is 7.24. The van der Waals surface area contributed by atoms with E-state index in [1.165, 1.54) is 0 Å². The van der Waals surface area contributed by atoms with Crippen LogP contribution >= 0.6 is 0 Å². The predicted molar refractivity (Wildman–Crippen MR) is 96.7 cm³/mol. The zero-order valence-corrected chi connectivity index (χ0v) is 12.9. The van der Waals surface area contributed by atoms with Gasteiger partial charge in [0.25, 0.3) is 0 Å². The molecule has 2 N–H and O–H groups in total. The zero-order chi connectivity index (χ0) is 16.8. The van der Waals surface area contributed by atoms with Crippen LogP contribution in [-0.4, -0.2) is 12.6 Å². The summed E-state index contributed by atoms with van der Waals surface area (Å²) in [5, 5.41) is 6.44. The maximum atomic E-state index is 11.1. The van der Waals surface area contributed by atoms with Crippen LogP contribution in [-0.2, 0) is 0 Å². The molecule has 0 radical (unpaired) electrons. The van der Waals surface area contributed by atoms with Gasteiger partial charge in [-0.05, 0) is 48.5 Å². The fourth-order valence-electron chi connectivity index (χ4n) is 2.38. The molecule has 0 saturated heterocycles. The quantitative estimate of drug-likeness (QED) is 0.641. The van der Waals surface area contributed by atoms with Crippen LogP contribution in [0.15, 0.2) is 72.8 Å². The van der Waals surface area contributed by atoms with Crippen LogP contribution < -0.4 is 10.6 Å². The average molecular weight is 316 g/mol. The molecule has 0 bridgehead atoms. The fraction of sp³-hybridized carbons (Fsp3) is 0.